The smallest absolute Gasteiger partial charge is 0.326 e. The fourth-order valence-electron chi connectivity index (χ4n) is 1.42. The van der Waals surface area contributed by atoms with E-state index in [1.165, 1.54) is 7.11 Å². The summed E-state index contributed by atoms with van der Waals surface area (Å²) in [7, 11) is 1.48. The number of aliphatic carboxylic acids is 1. The van der Waals surface area contributed by atoms with Gasteiger partial charge in [0.2, 0.25) is 5.91 Å². The lowest BCUT2D eigenvalue weighted by atomic mass is 10.1. The summed E-state index contributed by atoms with van der Waals surface area (Å²) in [6.07, 6.45) is 3.55. The van der Waals surface area contributed by atoms with Crippen molar-refractivity contribution in [2.75, 3.05) is 13.7 Å². The number of ether oxygens (including phenoxy) is 1. The Balaban J connectivity index is 2.48. The van der Waals surface area contributed by atoms with Gasteiger partial charge in [-0.05, 0) is 17.7 Å². The van der Waals surface area contributed by atoms with Gasteiger partial charge in [-0.1, -0.05) is 0 Å². The Morgan fingerprint density at radius 3 is 2.67 bits per heavy atom. The maximum atomic E-state index is 11.7. The van der Waals surface area contributed by atoms with Gasteiger partial charge in [-0.15, -0.1) is 0 Å². The third kappa shape index (κ3) is 4.92. The number of carbonyl (C=O) groups excluding carboxylic acids is 1. The molecule has 6 nitrogen and oxygen atoms in total. The van der Waals surface area contributed by atoms with Crippen LogP contribution in [0.3, 0.4) is 0 Å². The number of carbonyl (C=O) groups is 2. The van der Waals surface area contributed by atoms with Crippen molar-refractivity contribution in [3.63, 3.8) is 0 Å². The van der Waals surface area contributed by atoms with Gasteiger partial charge < -0.3 is 15.2 Å². The van der Waals surface area contributed by atoms with E-state index >= 15 is 0 Å². The molecule has 0 spiro atoms. The van der Waals surface area contributed by atoms with Crippen molar-refractivity contribution in [3.05, 3.63) is 30.1 Å². The minimum Gasteiger partial charge on any atom is -0.480 e. The molecule has 1 unspecified atom stereocenters. The Labute approximate surface area is 105 Å². The van der Waals surface area contributed by atoms with E-state index in [-0.39, 0.29) is 25.4 Å². The van der Waals surface area contributed by atoms with E-state index in [0.717, 1.165) is 5.56 Å². The van der Waals surface area contributed by atoms with E-state index in [9.17, 15) is 9.59 Å². The molecule has 0 bridgehead atoms. The number of methoxy groups -OCH3 is 1. The van der Waals surface area contributed by atoms with Crippen LogP contribution >= 0.6 is 0 Å². The number of rotatable bonds is 7. The Morgan fingerprint density at radius 1 is 1.44 bits per heavy atom. The number of nitrogens with one attached hydrogen (secondary N) is 1. The third-order valence-electron chi connectivity index (χ3n) is 2.36. The van der Waals surface area contributed by atoms with Crippen LogP contribution in [0.25, 0.3) is 0 Å². The minimum atomic E-state index is -1.06. The molecular formula is C12H16N2O4. The second kappa shape index (κ2) is 7.39. The molecule has 0 saturated carbocycles. The van der Waals surface area contributed by atoms with E-state index < -0.39 is 12.0 Å². The lowest BCUT2D eigenvalue weighted by Crippen LogP contribution is -2.42. The number of hydrogen-bond acceptors (Lipinski definition) is 4. The first-order valence-corrected chi connectivity index (χ1v) is 5.53. The molecule has 1 aromatic rings. The van der Waals surface area contributed by atoms with Crippen molar-refractivity contribution >= 4 is 11.9 Å². The highest BCUT2D eigenvalue weighted by Gasteiger charge is 2.19. The molecule has 0 aromatic carbocycles. The second-order valence-electron chi connectivity index (χ2n) is 3.77. The van der Waals surface area contributed by atoms with Crippen LogP contribution in [0.15, 0.2) is 24.5 Å². The molecular weight excluding hydrogens is 236 g/mol. The molecule has 0 saturated heterocycles. The van der Waals surface area contributed by atoms with Gasteiger partial charge in [0.15, 0.2) is 0 Å². The number of pyridine rings is 1. The van der Waals surface area contributed by atoms with Crippen LogP contribution in [0.4, 0.5) is 0 Å². The molecule has 0 radical (unpaired) electrons. The Hall–Kier alpha value is -1.95. The summed E-state index contributed by atoms with van der Waals surface area (Å²) < 4.78 is 4.80. The molecule has 1 aromatic heterocycles. The summed E-state index contributed by atoms with van der Waals surface area (Å²) in [6, 6.07) is 2.51. The fourth-order valence-corrected chi connectivity index (χ4v) is 1.42. The number of aromatic nitrogens is 1. The molecule has 1 rings (SSSR count). The normalized spacial score (nSPS) is 11.8. The number of carboxylic acid groups (broad SMARTS) is 1. The zero-order valence-electron chi connectivity index (χ0n) is 10.1. The van der Waals surface area contributed by atoms with E-state index in [1.54, 1.807) is 24.5 Å². The van der Waals surface area contributed by atoms with Gasteiger partial charge in [0.1, 0.15) is 6.04 Å². The van der Waals surface area contributed by atoms with E-state index in [0.29, 0.717) is 0 Å². The van der Waals surface area contributed by atoms with Crippen molar-refractivity contribution in [1.82, 2.24) is 10.3 Å². The molecule has 0 fully saturated rings. The summed E-state index contributed by atoms with van der Waals surface area (Å²) in [5.41, 5.74) is 0.790. The molecule has 18 heavy (non-hydrogen) atoms. The summed E-state index contributed by atoms with van der Waals surface area (Å²) in [5.74, 6) is -1.39. The summed E-state index contributed by atoms with van der Waals surface area (Å²) >= 11 is 0. The van der Waals surface area contributed by atoms with Crippen LogP contribution < -0.4 is 5.32 Å². The van der Waals surface area contributed by atoms with Crippen molar-refractivity contribution in [3.8, 4) is 0 Å². The molecule has 1 amide bonds. The quantitative estimate of drug-likeness (QED) is 0.725. The molecule has 98 valence electrons. The first-order valence-electron chi connectivity index (χ1n) is 5.53. The molecule has 1 atom stereocenters. The van der Waals surface area contributed by atoms with Crippen LogP contribution in [0.5, 0.6) is 0 Å². The monoisotopic (exact) mass is 252 g/mol. The molecule has 0 aliphatic carbocycles. The molecule has 0 aliphatic rings. The van der Waals surface area contributed by atoms with Crippen molar-refractivity contribution < 1.29 is 19.4 Å². The van der Waals surface area contributed by atoms with Gasteiger partial charge in [0.05, 0.1) is 6.42 Å². The zero-order valence-corrected chi connectivity index (χ0v) is 10.1. The zero-order chi connectivity index (χ0) is 13.4. The number of amides is 1. The largest absolute Gasteiger partial charge is 0.480 e. The number of nitrogens with zero attached hydrogens (tertiary/aromatic N) is 1. The predicted octanol–water partition coefficient (Wildman–Crippen LogP) is 0.230. The lowest BCUT2D eigenvalue weighted by Gasteiger charge is -2.13. The average Bonchev–Trinajstić information content (AvgIpc) is 2.35. The van der Waals surface area contributed by atoms with Gasteiger partial charge in [0, 0.05) is 32.5 Å². The van der Waals surface area contributed by atoms with E-state index in [1.807, 2.05) is 0 Å². The predicted molar refractivity (Wildman–Crippen MR) is 64.0 cm³/mol. The van der Waals surface area contributed by atoms with Crippen LogP contribution in [-0.2, 0) is 20.7 Å². The van der Waals surface area contributed by atoms with Crippen molar-refractivity contribution in [2.24, 2.45) is 0 Å². The molecule has 1 heterocycles. The second-order valence-corrected chi connectivity index (χ2v) is 3.77. The van der Waals surface area contributed by atoms with Crippen LogP contribution in [0.2, 0.25) is 0 Å². The summed E-state index contributed by atoms with van der Waals surface area (Å²) in [5, 5.41) is 11.4. The fraction of sp³-hybridized carbons (Fsp3) is 0.417. The standard InChI is InChI=1S/C12H16N2O4/c1-18-7-4-10(12(16)17)14-11(15)8-9-2-5-13-6-3-9/h2-3,5-6,10H,4,7-8H2,1H3,(H,14,15)(H,16,17). The highest BCUT2D eigenvalue weighted by Crippen LogP contribution is 1.99. The maximum absolute atomic E-state index is 11.7. The summed E-state index contributed by atoms with van der Waals surface area (Å²) in [6.45, 7) is 0.284. The third-order valence-corrected chi connectivity index (χ3v) is 2.36. The van der Waals surface area contributed by atoms with Crippen LogP contribution in [0, 0.1) is 0 Å². The van der Waals surface area contributed by atoms with Gasteiger partial charge >= 0.3 is 5.97 Å². The Morgan fingerprint density at radius 2 is 2.11 bits per heavy atom. The SMILES string of the molecule is COCCC(NC(=O)Cc1ccncc1)C(=O)O. The highest BCUT2D eigenvalue weighted by molar-refractivity contribution is 5.84. The van der Waals surface area contributed by atoms with E-state index in [2.05, 4.69) is 10.3 Å². The van der Waals surface area contributed by atoms with Crippen molar-refractivity contribution in [2.45, 2.75) is 18.9 Å². The lowest BCUT2D eigenvalue weighted by molar-refractivity contribution is -0.142. The highest BCUT2D eigenvalue weighted by atomic mass is 16.5. The number of carboxylic acids is 1. The van der Waals surface area contributed by atoms with Gasteiger partial charge in [0.25, 0.3) is 0 Å². The van der Waals surface area contributed by atoms with Crippen LogP contribution in [-0.4, -0.2) is 41.7 Å². The van der Waals surface area contributed by atoms with Gasteiger partial charge in [-0.25, -0.2) is 4.79 Å². The number of hydrogen-bond donors (Lipinski definition) is 2. The molecule has 2 N–H and O–H groups in total. The maximum Gasteiger partial charge on any atom is 0.326 e. The Bertz CT molecular complexity index is 394. The average molecular weight is 252 g/mol. The first kappa shape index (κ1) is 14.1. The van der Waals surface area contributed by atoms with Crippen LogP contribution in [0.1, 0.15) is 12.0 Å². The Kier molecular flexibility index (Phi) is 5.79. The molecule has 6 heteroatoms. The minimum absolute atomic E-state index is 0.138. The van der Waals surface area contributed by atoms with Gasteiger partial charge in [-0.2, -0.15) is 0 Å². The first-order chi connectivity index (χ1) is 8.63. The van der Waals surface area contributed by atoms with Crippen molar-refractivity contribution in [1.29, 1.82) is 0 Å². The van der Waals surface area contributed by atoms with E-state index in [4.69, 9.17) is 9.84 Å². The topological polar surface area (TPSA) is 88.5 Å². The molecule has 0 aliphatic heterocycles. The summed E-state index contributed by atoms with van der Waals surface area (Å²) in [4.78, 5) is 26.4. The van der Waals surface area contributed by atoms with Gasteiger partial charge in [-0.3, -0.25) is 9.78 Å².